The second kappa shape index (κ2) is 2.91. The summed E-state index contributed by atoms with van der Waals surface area (Å²) >= 11 is 11.0. The molecule has 4 heteroatoms. The van der Waals surface area contributed by atoms with Crippen molar-refractivity contribution in [2.45, 2.75) is 4.21 Å². The molecular weight excluding hydrogens is 215 g/mol. The summed E-state index contributed by atoms with van der Waals surface area (Å²) in [4.78, 5) is 0. The van der Waals surface area contributed by atoms with Crippen molar-refractivity contribution >= 4 is 45.7 Å². The van der Waals surface area contributed by atoms with Gasteiger partial charge in [-0.05, 0) is 18.2 Å². The Kier molecular flexibility index (Phi) is 2.02. The van der Waals surface area contributed by atoms with E-state index in [0.29, 0.717) is 14.6 Å². The van der Waals surface area contributed by atoms with Crippen molar-refractivity contribution in [3.63, 3.8) is 0 Å². The van der Waals surface area contributed by atoms with Gasteiger partial charge in [-0.3, -0.25) is 0 Å². The minimum absolute atomic E-state index is 0.277. The lowest BCUT2D eigenvalue weighted by atomic mass is 10.2. The van der Waals surface area contributed by atoms with Crippen LogP contribution in [0.3, 0.4) is 0 Å². The molecule has 1 aromatic carbocycles. The van der Waals surface area contributed by atoms with Crippen LogP contribution in [0.2, 0.25) is 5.02 Å². The molecule has 0 saturated carbocycles. The van der Waals surface area contributed by atoms with E-state index in [9.17, 15) is 4.39 Å². The van der Waals surface area contributed by atoms with Crippen molar-refractivity contribution in [2.24, 2.45) is 0 Å². The Morgan fingerprint density at radius 1 is 1.42 bits per heavy atom. The highest BCUT2D eigenvalue weighted by atomic mass is 35.5. The highest BCUT2D eigenvalue weighted by Crippen LogP contribution is 2.33. The Balaban J connectivity index is 2.88. The maximum Gasteiger partial charge on any atom is 0.155 e. The van der Waals surface area contributed by atoms with Gasteiger partial charge in [0.1, 0.15) is 0 Å². The summed E-state index contributed by atoms with van der Waals surface area (Å²) in [5.41, 5.74) is 0. The largest absolute Gasteiger partial charge is 0.204 e. The molecule has 0 fully saturated rings. The summed E-state index contributed by atoms with van der Waals surface area (Å²) in [6.07, 6.45) is 0. The topological polar surface area (TPSA) is 0 Å². The fourth-order valence-electron chi connectivity index (χ4n) is 1.03. The molecule has 0 radical (unpaired) electrons. The SMILES string of the molecule is Fc1c(S)sc2ccc(Cl)cc12. The molecular formula is C8H4ClFS2. The number of hydrogen-bond acceptors (Lipinski definition) is 2. The third-order valence-corrected chi connectivity index (χ3v) is 3.23. The molecule has 0 N–H and O–H groups in total. The second-order valence-electron chi connectivity index (χ2n) is 2.36. The van der Waals surface area contributed by atoms with E-state index >= 15 is 0 Å². The Labute approximate surface area is 83.4 Å². The minimum Gasteiger partial charge on any atom is -0.204 e. The third-order valence-electron chi connectivity index (χ3n) is 1.57. The van der Waals surface area contributed by atoms with E-state index in [4.69, 9.17) is 11.6 Å². The molecule has 2 aromatic rings. The molecule has 0 bridgehead atoms. The molecule has 1 aromatic heterocycles. The number of thiol groups is 1. The van der Waals surface area contributed by atoms with Gasteiger partial charge < -0.3 is 0 Å². The van der Waals surface area contributed by atoms with Crippen LogP contribution in [0.25, 0.3) is 10.1 Å². The first-order valence-electron chi connectivity index (χ1n) is 3.25. The van der Waals surface area contributed by atoms with Gasteiger partial charge in [0.15, 0.2) is 5.82 Å². The van der Waals surface area contributed by atoms with E-state index in [-0.39, 0.29) is 5.82 Å². The number of fused-ring (bicyclic) bond motifs is 1. The first-order valence-corrected chi connectivity index (χ1v) is 4.89. The van der Waals surface area contributed by atoms with Crippen molar-refractivity contribution in [3.8, 4) is 0 Å². The quantitative estimate of drug-likeness (QED) is 0.636. The molecule has 0 unspecified atom stereocenters. The zero-order valence-electron chi connectivity index (χ0n) is 5.84. The highest BCUT2D eigenvalue weighted by molar-refractivity contribution is 7.83. The maximum absolute atomic E-state index is 13.2. The van der Waals surface area contributed by atoms with Crippen LogP contribution in [0, 0.1) is 5.82 Å². The van der Waals surface area contributed by atoms with Crippen LogP contribution < -0.4 is 0 Å². The normalized spacial score (nSPS) is 10.9. The lowest BCUT2D eigenvalue weighted by Crippen LogP contribution is -1.69. The van der Waals surface area contributed by atoms with E-state index < -0.39 is 0 Å². The average molecular weight is 219 g/mol. The molecule has 12 heavy (non-hydrogen) atoms. The van der Waals surface area contributed by atoms with Gasteiger partial charge in [-0.15, -0.1) is 24.0 Å². The van der Waals surface area contributed by atoms with E-state index in [2.05, 4.69) is 12.6 Å². The van der Waals surface area contributed by atoms with Crippen LogP contribution in [0.4, 0.5) is 4.39 Å². The summed E-state index contributed by atoms with van der Waals surface area (Å²) in [7, 11) is 0. The van der Waals surface area contributed by atoms with Crippen molar-refractivity contribution < 1.29 is 4.39 Å². The molecule has 0 amide bonds. The fourth-order valence-corrected chi connectivity index (χ4v) is 2.42. The van der Waals surface area contributed by atoms with Crippen molar-refractivity contribution in [1.82, 2.24) is 0 Å². The number of benzene rings is 1. The maximum atomic E-state index is 13.2. The zero-order valence-corrected chi connectivity index (χ0v) is 8.31. The van der Waals surface area contributed by atoms with Crippen molar-refractivity contribution in [1.29, 1.82) is 0 Å². The number of rotatable bonds is 0. The van der Waals surface area contributed by atoms with E-state index in [0.717, 1.165) is 4.70 Å². The summed E-state index contributed by atoms with van der Waals surface area (Å²) in [5, 5.41) is 1.10. The Morgan fingerprint density at radius 2 is 2.17 bits per heavy atom. The van der Waals surface area contributed by atoms with Crippen LogP contribution in [0.1, 0.15) is 0 Å². The van der Waals surface area contributed by atoms with E-state index in [1.807, 2.05) is 0 Å². The number of hydrogen-bond donors (Lipinski definition) is 1. The third kappa shape index (κ3) is 1.22. The van der Waals surface area contributed by atoms with Gasteiger partial charge >= 0.3 is 0 Å². The molecule has 2 rings (SSSR count). The molecule has 0 spiro atoms. The second-order valence-corrected chi connectivity index (χ2v) is 4.60. The van der Waals surface area contributed by atoms with Crippen molar-refractivity contribution in [2.75, 3.05) is 0 Å². The van der Waals surface area contributed by atoms with Crippen LogP contribution in [-0.2, 0) is 0 Å². The van der Waals surface area contributed by atoms with Crippen molar-refractivity contribution in [3.05, 3.63) is 29.0 Å². The molecule has 0 aliphatic heterocycles. The summed E-state index contributed by atoms with van der Waals surface area (Å²) in [6.45, 7) is 0. The first-order chi connectivity index (χ1) is 5.68. The Morgan fingerprint density at radius 3 is 2.92 bits per heavy atom. The number of thiophene rings is 1. The molecule has 0 saturated heterocycles. The van der Waals surface area contributed by atoms with Gasteiger partial charge in [-0.25, -0.2) is 4.39 Å². The molecule has 0 aliphatic rings. The van der Waals surface area contributed by atoms with Gasteiger partial charge in [0, 0.05) is 15.1 Å². The summed E-state index contributed by atoms with van der Waals surface area (Å²) in [6, 6.07) is 5.15. The average Bonchev–Trinajstić information content (AvgIpc) is 2.31. The van der Waals surface area contributed by atoms with Gasteiger partial charge in [0.25, 0.3) is 0 Å². The fraction of sp³-hybridized carbons (Fsp3) is 0. The summed E-state index contributed by atoms with van der Waals surface area (Å²) < 4.78 is 14.5. The monoisotopic (exact) mass is 218 g/mol. The van der Waals surface area contributed by atoms with Crippen LogP contribution in [0.15, 0.2) is 22.4 Å². The van der Waals surface area contributed by atoms with Gasteiger partial charge in [-0.1, -0.05) is 11.6 Å². The standard InChI is InChI=1S/C8H4ClFS2/c9-4-1-2-6-5(3-4)7(10)8(11)12-6/h1-3,11H. The number of halogens is 2. The molecule has 0 atom stereocenters. The molecule has 1 heterocycles. The van der Waals surface area contributed by atoms with Crippen LogP contribution >= 0.6 is 35.6 Å². The van der Waals surface area contributed by atoms with Crippen LogP contribution in [-0.4, -0.2) is 0 Å². The molecule has 62 valence electrons. The van der Waals surface area contributed by atoms with Gasteiger partial charge in [0.05, 0.1) is 4.21 Å². The van der Waals surface area contributed by atoms with E-state index in [1.54, 1.807) is 18.2 Å². The predicted octanol–water partition coefficient (Wildman–Crippen LogP) is 3.98. The highest BCUT2D eigenvalue weighted by Gasteiger charge is 2.08. The zero-order chi connectivity index (χ0) is 8.72. The van der Waals surface area contributed by atoms with Crippen LogP contribution in [0.5, 0.6) is 0 Å². The lowest BCUT2D eigenvalue weighted by molar-refractivity contribution is 0.624. The van der Waals surface area contributed by atoms with Gasteiger partial charge in [-0.2, -0.15) is 0 Å². The molecule has 0 aliphatic carbocycles. The smallest absolute Gasteiger partial charge is 0.155 e. The predicted molar refractivity (Wildman–Crippen MR) is 54.0 cm³/mol. The lowest BCUT2D eigenvalue weighted by Gasteiger charge is -1.89. The molecule has 0 nitrogen and oxygen atoms in total. The minimum atomic E-state index is -0.277. The Hall–Kier alpha value is -0.250. The van der Waals surface area contributed by atoms with Gasteiger partial charge in [0.2, 0.25) is 0 Å². The van der Waals surface area contributed by atoms with E-state index in [1.165, 1.54) is 11.3 Å². The Bertz CT molecular complexity index is 436. The first kappa shape index (κ1) is 8.35. The summed E-state index contributed by atoms with van der Waals surface area (Å²) in [5.74, 6) is -0.277.